The lowest BCUT2D eigenvalue weighted by Crippen LogP contribution is -2.21. The van der Waals surface area contributed by atoms with Gasteiger partial charge in [0.1, 0.15) is 11.6 Å². The third kappa shape index (κ3) is 3.10. The fourth-order valence-corrected chi connectivity index (χ4v) is 2.67. The van der Waals surface area contributed by atoms with Crippen LogP contribution in [0.5, 0.6) is 5.75 Å². The van der Waals surface area contributed by atoms with E-state index in [2.05, 4.69) is 36.3 Å². The van der Waals surface area contributed by atoms with E-state index in [1.54, 1.807) is 7.11 Å². The number of fused-ring (bicyclic) bond motifs is 1. The standard InChI is InChI=1S/C17H23N3O/c1-4-18-17-13(11-20(2)14-6-7-14)9-12-5-8-15(21-3)10-16(12)19-17/h5,8-10,14H,4,6-7,11H2,1-3H3,(H,18,19). The van der Waals surface area contributed by atoms with Crippen LogP contribution < -0.4 is 10.1 Å². The maximum absolute atomic E-state index is 5.29. The highest BCUT2D eigenvalue weighted by Gasteiger charge is 2.26. The minimum Gasteiger partial charge on any atom is -0.497 e. The first-order valence-electron chi connectivity index (χ1n) is 7.63. The van der Waals surface area contributed by atoms with Crippen LogP contribution in [0.4, 0.5) is 5.82 Å². The van der Waals surface area contributed by atoms with Gasteiger partial charge in [0.15, 0.2) is 0 Å². The highest BCUT2D eigenvalue weighted by molar-refractivity contribution is 5.83. The van der Waals surface area contributed by atoms with E-state index in [0.717, 1.165) is 41.6 Å². The molecule has 1 saturated carbocycles. The lowest BCUT2D eigenvalue weighted by molar-refractivity contribution is 0.317. The third-order valence-electron chi connectivity index (χ3n) is 4.04. The summed E-state index contributed by atoms with van der Waals surface area (Å²) in [5.74, 6) is 1.84. The number of nitrogens with one attached hydrogen (secondary N) is 1. The number of benzene rings is 1. The number of hydrogen-bond donors (Lipinski definition) is 1. The molecule has 3 rings (SSSR count). The summed E-state index contributed by atoms with van der Waals surface area (Å²) >= 11 is 0. The summed E-state index contributed by atoms with van der Waals surface area (Å²) < 4.78 is 5.29. The Balaban J connectivity index is 1.97. The van der Waals surface area contributed by atoms with Crippen molar-refractivity contribution in [3.63, 3.8) is 0 Å². The molecule has 0 spiro atoms. The van der Waals surface area contributed by atoms with E-state index in [4.69, 9.17) is 9.72 Å². The smallest absolute Gasteiger partial charge is 0.131 e. The molecule has 1 aromatic heterocycles. The van der Waals surface area contributed by atoms with Crippen molar-refractivity contribution in [2.24, 2.45) is 0 Å². The number of aromatic nitrogens is 1. The molecule has 4 nitrogen and oxygen atoms in total. The quantitative estimate of drug-likeness (QED) is 0.884. The zero-order valence-electron chi connectivity index (χ0n) is 13.0. The number of ether oxygens (including phenoxy) is 1. The van der Waals surface area contributed by atoms with Crippen molar-refractivity contribution in [1.29, 1.82) is 0 Å². The molecule has 112 valence electrons. The van der Waals surface area contributed by atoms with Crippen molar-refractivity contribution in [2.45, 2.75) is 32.4 Å². The summed E-state index contributed by atoms with van der Waals surface area (Å²) in [5.41, 5.74) is 2.24. The second kappa shape index (κ2) is 5.90. The Kier molecular flexibility index (Phi) is 3.97. The van der Waals surface area contributed by atoms with Crippen molar-refractivity contribution in [1.82, 2.24) is 9.88 Å². The molecule has 2 aromatic rings. The van der Waals surface area contributed by atoms with Gasteiger partial charge >= 0.3 is 0 Å². The fourth-order valence-electron chi connectivity index (χ4n) is 2.67. The van der Waals surface area contributed by atoms with Crippen LogP contribution in [-0.2, 0) is 6.54 Å². The van der Waals surface area contributed by atoms with Gasteiger partial charge in [0, 0.05) is 36.1 Å². The van der Waals surface area contributed by atoms with Gasteiger partial charge in [-0.1, -0.05) is 0 Å². The molecule has 0 amide bonds. The lowest BCUT2D eigenvalue weighted by atomic mass is 10.1. The van der Waals surface area contributed by atoms with Gasteiger partial charge in [0.25, 0.3) is 0 Å². The molecular weight excluding hydrogens is 262 g/mol. The van der Waals surface area contributed by atoms with Crippen LogP contribution in [0.1, 0.15) is 25.3 Å². The largest absolute Gasteiger partial charge is 0.497 e. The van der Waals surface area contributed by atoms with E-state index in [1.165, 1.54) is 18.4 Å². The molecule has 1 fully saturated rings. The van der Waals surface area contributed by atoms with Crippen molar-refractivity contribution in [3.05, 3.63) is 29.8 Å². The van der Waals surface area contributed by atoms with E-state index >= 15 is 0 Å². The highest BCUT2D eigenvalue weighted by atomic mass is 16.5. The van der Waals surface area contributed by atoms with Crippen molar-refractivity contribution in [3.8, 4) is 5.75 Å². The fraction of sp³-hybridized carbons (Fsp3) is 0.471. The van der Waals surface area contributed by atoms with Crippen molar-refractivity contribution >= 4 is 16.7 Å². The summed E-state index contributed by atoms with van der Waals surface area (Å²) in [5, 5.41) is 4.56. The van der Waals surface area contributed by atoms with Crippen LogP contribution in [0.25, 0.3) is 10.9 Å². The molecule has 0 bridgehead atoms. The molecular formula is C17H23N3O. The van der Waals surface area contributed by atoms with Crippen molar-refractivity contribution in [2.75, 3.05) is 26.0 Å². The van der Waals surface area contributed by atoms with Gasteiger partial charge in [-0.05, 0) is 45.0 Å². The Labute approximate surface area is 126 Å². The molecule has 1 aliphatic rings. The second-order valence-corrected chi connectivity index (χ2v) is 5.73. The van der Waals surface area contributed by atoms with Gasteiger partial charge in [-0.25, -0.2) is 4.98 Å². The average Bonchev–Trinajstić information content (AvgIpc) is 3.32. The summed E-state index contributed by atoms with van der Waals surface area (Å²) in [6.07, 6.45) is 2.65. The Morgan fingerprint density at radius 2 is 2.14 bits per heavy atom. The SMILES string of the molecule is CCNc1nc2cc(OC)ccc2cc1CN(C)C1CC1. The third-order valence-corrected chi connectivity index (χ3v) is 4.04. The maximum atomic E-state index is 5.29. The topological polar surface area (TPSA) is 37.4 Å². The Hall–Kier alpha value is -1.81. The predicted molar refractivity (Wildman–Crippen MR) is 86.9 cm³/mol. The number of hydrogen-bond acceptors (Lipinski definition) is 4. The Morgan fingerprint density at radius 3 is 2.81 bits per heavy atom. The summed E-state index contributed by atoms with van der Waals surface area (Å²) in [4.78, 5) is 7.21. The van der Waals surface area contributed by atoms with E-state index in [-0.39, 0.29) is 0 Å². The molecule has 0 saturated heterocycles. The maximum Gasteiger partial charge on any atom is 0.131 e. The molecule has 0 atom stereocenters. The Morgan fingerprint density at radius 1 is 1.33 bits per heavy atom. The first-order chi connectivity index (χ1) is 10.2. The molecule has 4 heteroatoms. The van der Waals surface area contributed by atoms with Crippen LogP contribution in [0, 0.1) is 0 Å². The summed E-state index contributed by atoms with van der Waals surface area (Å²) in [6, 6.07) is 9.07. The van der Waals surface area contributed by atoms with Crippen LogP contribution >= 0.6 is 0 Å². The molecule has 0 unspecified atom stereocenters. The number of pyridine rings is 1. The predicted octanol–water partition coefficient (Wildman–Crippen LogP) is 3.27. The van der Waals surface area contributed by atoms with Crippen LogP contribution in [0.15, 0.2) is 24.3 Å². The summed E-state index contributed by atoms with van der Waals surface area (Å²) in [6.45, 7) is 3.93. The molecule has 21 heavy (non-hydrogen) atoms. The number of rotatable bonds is 6. The minimum absolute atomic E-state index is 0.756. The van der Waals surface area contributed by atoms with Gasteiger partial charge in [0.05, 0.1) is 12.6 Å². The zero-order chi connectivity index (χ0) is 14.8. The second-order valence-electron chi connectivity index (χ2n) is 5.73. The number of anilines is 1. The average molecular weight is 285 g/mol. The van der Waals surface area contributed by atoms with Gasteiger partial charge < -0.3 is 10.1 Å². The molecule has 0 radical (unpaired) electrons. The zero-order valence-corrected chi connectivity index (χ0v) is 13.0. The van der Waals surface area contributed by atoms with Gasteiger partial charge in [-0.2, -0.15) is 0 Å². The monoisotopic (exact) mass is 285 g/mol. The van der Waals surface area contributed by atoms with Gasteiger partial charge in [0.2, 0.25) is 0 Å². The molecule has 1 aliphatic carbocycles. The first-order valence-corrected chi connectivity index (χ1v) is 7.63. The van der Waals surface area contributed by atoms with E-state index < -0.39 is 0 Å². The van der Waals surface area contributed by atoms with Crippen LogP contribution in [-0.4, -0.2) is 36.6 Å². The highest BCUT2D eigenvalue weighted by Crippen LogP contribution is 2.29. The molecule has 0 aliphatic heterocycles. The molecule has 1 heterocycles. The minimum atomic E-state index is 0.756. The van der Waals surface area contributed by atoms with Crippen LogP contribution in [0.3, 0.4) is 0 Å². The van der Waals surface area contributed by atoms with Crippen LogP contribution in [0.2, 0.25) is 0 Å². The molecule has 1 aromatic carbocycles. The normalized spacial score (nSPS) is 14.7. The van der Waals surface area contributed by atoms with Gasteiger partial charge in [-0.3, -0.25) is 4.90 Å². The summed E-state index contributed by atoms with van der Waals surface area (Å²) in [7, 11) is 3.89. The van der Waals surface area contributed by atoms with E-state index in [9.17, 15) is 0 Å². The van der Waals surface area contributed by atoms with E-state index in [0.29, 0.717) is 0 Å². The van der Waals surface area contributed by atoms with Crippen molar-refractivity contribution < 1.29 is 4.74 Å². The molecule has 1 N–H and O–H groups in total. The number of nitrogens with zero attached hydrogens (tertiary/aromatic N) is 2. The number of methoxy groups -OCH3 is 1. The first kappa shape index (κ1) is 14.1. The van der Waals surface area contributed by atoms with E-state index in [1.807, 2.05) is 12.1 Å². The lowest BCUT2D eigenvalue weighted by Gasteiger charge is -2.19. The van der Waals surface area contributed by atoms with Gasteiger partial charge in [-0.15, -0.1) is 0 Å². The Bertz CT molecular complexity index is 637.